The highest BCUT2D eigenvalue weighted by atomic mass is 16.6. The average molecular weight is 331 g/mol. The number of phenolic OH excluding ortho intramolecular Hbond substituents is 2. The molecule has 9 heteroatoms. The number of hydrogen-bond acceptors (Lipinski definition) is 7. The Morgan fingerprint density at radius 1 is 1.25 bits per heavy atom. The molecule has 124 valence electrons. The molecule has 0 heterocycles. The molecule has 2 rings (SSSR count). The van der Waals surface area contributed by atoms with Gasteiger partial charge in [0.2, 0.25) is 0 Å². The molecule has 0 atom stereocenters. The number of benzene rings is 2. The van der Waals surface area contributed by atoms with Gasteiger partial charge in [0.05, 0.1) is 18.2 Å². The van der Waals surface area contributed by atoms with E-state index in [1.165, 1.54) is 31.5 Å². The van der Waals surface area contributed by atoms with Gasteiger partial charge in [-0.2, -0.15) is 5.10 Å². The molecular formula is C15H13N3O6. The van der Waals surface area contributed by atoms with E-state index < -0.39 is 22.3 Å². The Balaban J connectivity index is 2.07. The summed E-state index contributed by atoms with van der Waals surface area (Å²) >= 11 is 0. The minimum atomic E-state index is -0.757. The molecule has 0 aliphatic carbocycles. The zero-order valence-corrected chi connectivity index (χ0v) is 12.5. The normalized spacial score (nSPS) is 10.5. The van der Waals surface area contributed by atoms with Crippen molar-refractivity contribution in [3.8, 4) is 17.2 Å². The summed E-state index contributed by atoms with van der Waals surface area (Å²) in [5.74, 6) is -1.03. The molecular weight excluding hydrogens is 318 g/mol. The van der Waals surface area contributed by atoms with Crippen molar-refractivity contribution in [3.05, 3.63) is 57.6 Å². The van der Waals surface area contributed by atoms with E-state index in [0.717, 1.165) is 12.1 Å². The summed E-state index contributed by atoms with van der Waals surface area (Å²) in [6.07, 6.45) is 1.32. The molecule has 0 aliphatic rings. The van der Waals surface area contributed by atoms with Gasteiger partial charge in [-0.05, 0) is 35.9 Å². The SMILES string of the molecule is COc1cc(C=NNC(=O)c2ccc([N+](=O)[O-])c(O)c2)ccc1O. The number of ether oxygens (including phenoxy) is 1. The third-order valence-electron chi connectivity index (χ3n) is 3.02. The van der Waals surface area contributed by atoms with Gasteiger partial charge >= 0.3 is 5.69 Å². The molecule has 0 unspecified atom stereocenters. The maximum Gasteiger partial charge on any atom is 0.310 e. The summed E-state index contributed by atoms with van der Waals surface area (Å²) < 4.78 is 4.94. The first-order valence-electron chi connectivity index (χ1n) is 6.60. The lowest BCUT2D eigenvalue weighted by Crippen LogP contribution is -2.17. The first kappa shape index (κ1) is 16.7. The van der Waals surface area contributed by atoms with Gasteiger partial charge in [-0.15, -0.1) is 0 Å². The first-order valence-corrected chi connectivity index (χ1v) is 6.60. The van der Waals surface area contributed by atoms with Crippen LogP contribution in [0.25, 0.3) is 0 Å². The van der Waals surface area contributed by atoms with Crippen LogP contribution in [-0.2, 0) is 0 Å². The Bertz CT molecular complexity index is 819. The fraction of sp³-hybridized carbons (Fsp3) is 0.0667. The molecule has 0 saturated heterocycles. The molecule has 0 radical (unpaired) electrons. The van der Waals surface area contributed by atoms with Gasteiger partial charge in [-0.3, -0.25) is 14.9 Å². The van der Waals surface area contributed by atoms with Gasteiger partial charge in [0.15, 0.2) is 17.2 Å². The second-order valence-corrected chi connectivity index (χ2v) is 4.59. The van der Waals surface area contributed by atoms with Crippen molar-refractivity contribution in [2.75, 3.05) is 7.11 Å². The van der Waals surface area contributed by atoms with Gasteiger partial charge in [-0.25, -0.2) is 5.43 Å². The van der Waals surface area contributed by atoms with Crippen molar-refractivity contribution >= 4 is 17.8 Å². The van der Waals surface area contributed by atoms with Crippen molar-refractivity contribution in [2.24, 2.45) is 5.10 Å². The molecule has 0 saturated carbocycles. The number of nitrogens with zero attached hydrogens (tertiary/aromatic N) is 2. The quantitative estimate of drug-likeness (QED) is 0.434. The van der Waals surface area contributed by atoms with E-state index in [1.807, 2.05) is 0 Å². The molecule has 1 amide bonds. The van der Waals surface area contributed by atoms with Crippen LogP contribution in [0, 0.1) is 10.1 Å². The third kappa shape index (κ3) is 3.77. The maximum atomic E-state index is 11.9. The van der Waals surface area contributed by atoms with E-state index in [0.29, 0.717) is 5.56 Å². The number of phenols is 2. The second kappa shape index (κ2) is 7.09. The minimum Gasteiger partial charge on any atom is -0.504 e. The number of nitrogens with one attached hydrogen (secondary N) is 1. The van der Waals surface area contributed by atoms with E-state index in [-0.39, 0.29) is 17.1 Å². The van der Waals surface area contributed by atoms with Crippen molar-refractivity contribution in [1.82, 2.24) is 5.43 Å². The summed E-state index contributed by atoms with van der Waals surface area (Å²) in [5.41, 5.74) is 2.31. The number of hydrogen-bond donors (Lipinski definition) is 3. The number of rotatable bonds is 5. The Morgan fingerprint density at radius 3 is 2.62 bits per heavy atom. The summed E-state index contributed by atoms with van der Waals surface area (Å²) in [6, 6.07) is 7.70. The maximum absolute atomic E-state index is 11.9. The lowest BCUT2D eigenvalue weighted by Gasteiger charge is -2.04. The average Bonchev–Trinajstić information content (AvgIpc) is 2.55. The fourth-order valence-corrected chi connectivity index (χ4v) is 1.82. The zero-order chi connectivity index (χ0) is 17.7. The molecule has 0 spiro atoms. The van der Waals surface area contributed by atoms with Crippen LogP contribution in [0.2, 0.25) is 0 Å². The summed E-state index contributed by atoms with van der Waals surface area (Å²) in [7, 11) is 1.40. The predicted octanol–water partition coefficient (Wildman–Crippen LogP) is 1.78. The number of amides is 1. The van der Waals surface area contributed by atoms with E-state index in [4.69, 9.17) is 4.74 Å². The van der Waals surface area contributed by atoms with Crippen molar-refractivity contribution in [2.45, 2.75) is 0 Å². The van der Waals surface area contributed by atoms with Gasteiger partial charge in [-0.1, -0.05) is 0 Å². The summed E-state index contributed by atoms with van der Waals surface area (Å²) in [5, 5.41) is 33.3. The highest BCUT2D eigenvalue weighted by molar-refractivity contribution is 5.95. The standard InChI is InChI=1S/C15H13N3O6/c1-24-14-6-9(2-5-12(14)19)8-16-17-15(21)10-3-4-11(18(22)23)13(20)7-10/h2-8,19-20H,1H3,(H,17,21). The number of methoxy groups -OCH3 is 1. The van der Waals surface area contributed by atoms with Gasteiger partial charge < -0.3 is 14.9 Å². The fourth-order valence-electron chi connectivity index (χ4n) is 1.82. The Kier molecular flexibility index (Phi) is 4.95. The molecule has 0 fully saturated rings. The Morgan fingerprint density at radius 2 is 2.00 bits per heavy atom. The Hall–Kier alpha value is -3.62. The highest BCUT2D eigenvalue weighted by Gasteiger charge is 2.15. The molecule has 9 nitrogen and oxygen atoms in total. The minimum absolute atomic E-state index is 0.0125. The summed E-state index contributed by atoms with van der Waals surface area (Å²) in [6.45, 7) is 0. The smallest absolute Gasteiger partial charge is 0.310 e. The van der Waals surface area contributed by atoms with Crippen molar-refractivity contribution in [1.29, 1.82) is 0 Å². The Labute approximate surface area is 136 Å². The third-order valence-corrected chi connectivity index (χ3v) is 3.02. The molecule has 2 aromatic rings. The van der Waals surface area contributed by atoms with E-state index in [9.17, 15) is 25.1 Å². The van der Waals surface area contributed by atoms with Gasteiger partial charge in [0.1, 0.15) is 0 Å². The van der Waals surface area contributed by atoms with Crippen LogP contribution in [0.5, 0.6) is 17.2 Å². The highest BCUT2D eigenvalue weighted by Crippen LogP contribution is 2.26. The number of carbonyl (C=O) groups is 1. The largest absolute Gasteiger partial charge is 0.504 e. The predicted molar refractivity (Wildman–Crippen MR) is 84.5 cm³/mol. The number of nitro benzene ring substituents is 1. The van der Waals surface area contributed by atoms with Gasteiger partial charge in [0.25, 0.3) is 5.91 Å². The number of hydrazone groups is 1. The molecule has 2 aromatic carbocycles. The van der Waals surface area contributed by atoms with Gasteiger partial charge in [0, 0.05) is 11.6 Å². The molecule has 0 aromatic heterocycles. The van der Waals surface area contributed by atoms with Crippen LogP contribution < -0.4 is 10.2 Å². The van der Waals surface area contributed by atoms with Crippen LogP contribution in [-0.4, -0.2) is 34.4 Å². The molecule has 24 heavy (non-hydrogen) atoms. The van der Waals surface area contributed by atoms with Crippen LogP contribution in [0.3, 0.4) is 0 Å². The van der Waals surface area contributed by atoms with E-state index in [2.05, 4.69) is 10.5 Å². The lowest BCUT2D eigenvalue weighted by molar-refractivity contribution is -0.385. The lowest BCUT2D eigenvalue weighted by atomic mass is 10.2. The topological polar surface area (TPSA) is 134 Å². The van der Waals surface area contributed by atoms with Crippen LogP contribution in [0.1, 0.15) is 15.9 Å². The van der Waals surface area contributed by atoms with E-state index >= 15 is 0 Å². The molecule has 0 aliphatic heterocycles. The second-order valence-electron chi connectivity index (χ2n) is 4.59. The zero-order valence-electron chi connectivity index (χ0n) is 12.5. The van der Waals surface area contributed by atoms with Crippen molar-refractivity contribution < 1.29 is 24.7 Å². The molecule has 0 bridgehead atoms. The first-order chi connectivity index (χ1) is 11.4. The number of carbonyl (C=O) groups excluding carboxylic acids is 1. The van der Waals surface area contributed by atoms with E-state index in [1.54, 1.807) is 6.07 Å². The monoisotopic (exact) mass is 331 g/mol. The van der Waals surface area contributed by atoms with Crippen LogP contribution in [0.15, 0.2) is 41.5 Å². The van der Waals surface area contributed by atoms with Crippen molar-refractivity contribution in [3.63, 3.8) is 0 Å². The number of nitro groups is 1. The number of aromatic hydroxyl groups is 2. The summed E-state index contributed by atoms with van der Waals surface area (Å²) in [4.78, 5) is 21.7. The van der Waals surface area contributed by atoms with Crippen LogP contribution in [0.4, 0.5) is 5.69 Å². The molecule has 3 N–H and O–H groups in total. The van der Waals surface area contributed by atoms with Crippen LogP contribution >= 0.6 is 0 Å².